The number of carbonyl (C=O) groups excluding carboxylic acids is 1. The number of H-pyrrole nitrogens is 1. The maximum Gasteiger partial charge on any atom is 0.272 e. The molecule has 118 valence electrons. The SMILES string of the molecule is Cc1ccc(F)c2cc(C(=O)Nc3cccc4cncnc34)[nH]c12. The summed E-state index contributed by atoms with van der Waals surface area (Å²) in [6, 6.07) is 10.0. The van der Waals surface area contributed by atoms with Crippen molar-refractivity contribution < 1.29 is 9.18 Å². The number of anilines is 1. The topological polar surface area (TPSA) is 70.7 Å². The number of hydrogen-bond acceptors (Lipinski definition) is 3. The normalized spacial score (nSPS) is 11.1. The number of nitrogens with zero attached hydrogens (tertiary/aromatic N) is 2. The van der Waals surface area contributed by atoms with Gasteiger partial charge in [-0.3, -0.25) is 4.79 Å². The summed E-state index contributed by atoms with van der Waals surface area (Å²) in [7, 11) is 0. The van der Waals surface area contributed by atoms with E-state index < -0.39 is 0 Å². The van der Waals surface area contributed by atoms with Crippen LogP contribution < -0.4 is 5.32 Å². The van der Waals surface area contributed by atoms with E-state index >= 15 is 0 Å². The first kappa shape index (κ1) is 14.3. The summed E-state index contributed by atoms with van der Waals surface area (Å²) < 4.78 is 13.9. The van der Waals surface area contributed by atoms with Crippen molar-refractivity contribution in [2.24, 2.45) is 0 Å². The largest absolute Gasteiger partial charge is 0.350 e. The van der Waals surface area contributed by atoms with Gasteiger partial charge in [0.1, 0.15) is 17.8 Å². The molecule has 0 aliphatic rings. The van der Waals surface area contributed by atoms with Gasteiger partial charge >= 0.3 is 0 Å². The molecule has 2 aromatic heterocycles. The number of para-hydroxylation sites is 1. The zero-order chi connectivity index (χ0) is 16.7. The van der Waals surface area contributed by atoms with Gasteiger partial charge in [0.05, 0.1) is 16.7 Å². The highest BCUT2D eigenvalue weighted by Crippen LogP contribution is 2.24. The van der Waals surface area contributed by atoms with E-state index in [-0.39, 0.29) is 11.7 Å². The summed E-state index contributed by atoms with van der Waals surface area (Å²) in [6.45, 7) is 1.86. The third-order valence-electron chi connectivity index (χ3n) is 3.98. The van der Waals surface area contributed by atoms with Gasteiger partial charge in [-0.1, -0.05) is 18.2 Å². The number of aryl methyl sites for hydroxylation is 1. The number of fused-ring (bicyclic) bond motifs is 2. The summed E-state index contributed by atoms with van der Waals surface area (Å²) >= 11 is 0. The summed E-state index contributed by atoms with van der Waals surface area (Å²) in [5.41, 5.74) is 3.03. The number of hydrogen-bond donors (Lipinski definition) is 2. The van der Waals surface area contributed by atoms with Crippen molar-refractivity contribution in [1.82, 2.24) is 15.0 Å². The van der Waals surface area contributed by atoms with E-state index in [1.54, 1.807) is 18.3 Å². The third-order valence-corrected chi connectivity index (χ3v) is 3.98. The number of aromatic nitrogens is 3. The number of benzene rings is 2. The first-order valence-electron chi connectivity index (χ1n) is 7.41. The Morgan fingerprint density at radius 1 is 1.25 bits per heavy atom. The first-order chi connectivity index (χ1) is 11.6. The van der Waals surface area contributed by atoms with Crippen LogP contribution in [0.5, 0.6) is 0 Å². The molecule has 0 bridgehead atoms. The molecule has 1 amide bonds. The average Bonchev–Trinajstić information content (AvgIpc) is 3.05. The van der Waals surface area contributed by atoms with E-state index in [0.717, 1.165) is 10.9 Å². The lowest BCUT2D eigenvalue weighted by molar-refractivity contribution is 0.102. The fourth-order valence-electron chi connectivity index (χ4n) is 2.75. The van der Waals surface area contributed by atoms with Crippen LogP contribution in [-0.2, 0) is 0 Å². The molecule has 0 radical (unpaired) electrons. The van der Waals surface area contributed by atoms with Gasteiger partial charge in [-0.05, 0) is 30.7 Å². The smallest absolute Gasteiger partial charge is 0.272 e. The van der Waals surface area contributed by atoms with Crippen LogP contribution in [0.25, 0.3) is 21.8 Å². The zero-order valence-corrected chi connectivity index (χ0v) is 12.8. The molecule has 0 saturated carbocycles. The number of aromatic amines is 1. The Hall–Kier alpha value is -3.28. The molecule has 2 heterocycles. The molecule has 0 unspecified atom stereocenters. The van der Waals surface area contributed by atoms with Crippen molar-refractivity contribution in [2.45, 2.75) is 6.92 Å². The Kier molecular flexibility index (Phi) is 3.23. The van der Waals surface area contributed by atoms with Crippen LogP contribution in [-0.4, -0.2) is 20.9 Å². The van der Waals surface area contributed by atoms with Crippen LogP contribution in [0.2, 0.25) is 0 Å². The fourth-order valence-corrected chi connectivity index (χ4v) is 2.75. The Morgan fingerprint density at radius 2 is 2.12 bits per heavy atom. The van der Waals surface area contributed by atoms with Crippen molar-refractivity contribution in [2.75, 3.05) is 5.32 Å². The molecule has 4 rings (SSSR count). The lowest BCUT2D eigenvalue weighted by Gasteiger charge is -2.06. The van der Waals surface area contributed by atoms with E-state index in [1.165, 1.54) is 18.5 Å². The molecule has 6 heteroatoms. The minimum Gasteiger partial charge on any atom is -0.350 e. The predicted octanol–water partition coefficient (Wildman–Crippen LogP) is 3.81. The fraction of sp³-hybridized carbons (Fsp3) is 0.0556. The van der Waals surface area contributed by atoms with E-state index in [9.17, 15) is 9.18 Å². The molecule has 0 saturated heterocycles. The van der Waals surface area contributed by atoms with Gasteiger partial charge in [-0.25, -0.2) is 14.4 Å². The Balaban J connectivity index is 1.74. The number of amides is 1. The number of nitrogens with one attached hydrogen (secondary N) is 2. The summed E-state index contributed by atoms with van der Waals surface area (Å²) in [4.78, 5) is 23.7. The number of carbonyl (C=O) groups is 1. The van der Waals surface area contributed by atoms with E-state index in [4.69, 9.17) is 0 Å². The molecule has 0 fully saturated rings. The molecule has 0 aliphatic carbocycles. The number of rotatable bonds is 2. The van der Waals surface area contributed by atoms with Crippen molar-refractivity contribution in [3.05, 3.63) is 66.0 Å². The van der Waals surface area contributed by atoms with Crippen LogP contribution in [0.4, 0.5) is 10.1 Å². The summed E-state index contributed by atoms with van der Waals surface area (Å²) in [5.74, 6) is -0.708. The Bertz CT molecular complexity index is 1040. The quantitative estimate of drug-likeness (QED) is 0.590. The highest BCUT2D eigenvalue weighted by atomic mass is 19.1. The van der Waals surface area contributed by atoms with Gasteiger partial charge in [0.25, 0.3) is 5.91 Å². The van der Waals surface area contributed by atoms with Crippen LogP contribution in [0.15, 0.2) is 48.9 Å². The predicted molar refractivity (Wildman–Crippen MR) is 90.5 cm³/mol. The molecule has 2 aromatic carbocycles. The maximum atomic E-state index is 13.9. The lowest BCUT2D eigenvalue weighted by atomic mass is 10.1. The highest BCUT2D eigenvalue weighted by Gasteiger charge is 2.14. The van der Waals surface area contributed by atoms with E-state index in [0.29, 0.717) is 27.8 Å². The van der Waals surface area contributed by atoms with Crippen LogP contribution in [0, 0.1) is 12.7 Å². The van der Waals surface area contributed by atoms with Crippen LogP contribution in [0.1, 0.15) is 16.1 Å². The highest BCUT2D eigenvalue weighted by molar-refractivity contribution is 6.09. The summed E-state index contributed by atoms with van der Waals surface area (Å²) in [5, 5.41) is 4.05. The van der Waals surface area contributed by atoms with Gasteiger partial charge in [0.2, 0.25) is 0 Å². The van der Waals surface area contributed by atoms with E-state index in [1.807, 2.05) is 19.1 Å². The second-order valence-electron chi connectivity index (χ2n) is 5.56. The molecule has 24 heavy (non-hydrogen) atoms. The number of halogens is 1. The second-order valence-corrected chi connectivity index (χ2v) is 5.56. The minimum atomic E-state index is -0.358. The molecule has 4 aromatic rings. The third kappa shape index (κ3) is 2.28. The first-order valence-corrected chi connectivity index (χ1v) is 7.41. The minimum absolute atomic E-state index is 0.296. The lowest BCUT2D eigenvalue weighted by Crippen LogP contribution is -2.12. The van der Waals surface area contributed by atoms with Gasteiger partial charge < -0.3 is 10.3 Å². The molecule has 2 N–H and O–H groups in total. The monoisotopic (exact) mass is 320 g/mol. The van der Waals surface area contributed by atoms with Crippen molar-refractivity contribution in [3.8, 4) is 0 Å². The van der Waals surface area contributed by atoms with Crippen molar-refractivity contribution in [1.29, 1.82) is 0 Å². The van der Waals surface area contributed by atoms with Gasteiger partial charge in [-0.2, -0.15) is 0 Å². The molecular formula is C18H13FN4O. The molecule has 5 nitrogen and oxygen atoms in total. The van der Waals surface area contributed by atoms with E-state index in [2.05, 4.69) is 20.3 Å². The second kappa shape index (κ2) is 5.42. The van der Waals surface area contributed by atoms with Crippen molar-refractivity contribution >= 4 is 33.4 Å². The molecular weight excluding hydrogens is 307 g/mol. The Morgan fingerprint density at radius 3 is 2.96 bits per heavy atom. The average molecular weight is 320 g/mol. The maximum absolute atomic E-state index is 13.9. The van der Waals surface area contributed by atoms with Crippen molar-refractivity contribution in [3.63, 3.8) is 0 Å². The molecule has 0 aliphatic heterocycles. The standard InChI is InChI=1S/C18H13FN4O/c1-10-5-6-13(19)12-7-15(22-16(10)12)18(24)23-14-4-2-3-11-8-20-9-21-17(11)14/h2-9,22H,1H3,(H,23,24). The van der Waals surface area contributed by atoms with Gasteiger partial charge in [0.15, 0.2) is 0 Å². The van der Waals surface area contributed by atoms with Crippen LogP contribution >= 0.6 is 0 Å². The van der Waals surface area contributed by atoms with Gasteiger partial charge in [0, 0.05) is 17.0 Å². The zero-order valence-electron chi connectivity index (χ0n) is 12.8. The van der Waals surface area contributed by atoms with Crippen LogP contribution in [0.3, 0.4) is 0 Å². The Labute approximate surface area is 136 Å². The molecule has 0 spiro atoms. The van der Waals surface area contributed by atoms with Gasteiger partial charge in [-0.15, -0.1) is 0 Å². The summed E-state index contributed by atoms with van der Waals surface area (Å²) in [6.07, 6.45) is 3.11. The molecule has 0 atom stereocenters.